The van der Waals surface area contributed by atoms with Crippen molar-refractivity contribution in [3.63, 3.8) is 0 Å². The van der Waals surface area contributed by atoms with Crippen LogP contribution in [0.5, 0.6) is 5.75 Å². The van der Waals surface area contributed by atoms with Gasteiger partial charge in [-0.15, -0.1) is 0 Å². The second-order valence-electron chi connectivity index (χ2n) is 4.19. The van der Waals surface area contributed by atoms with E-state index in [1.54, 1.807) is 0 Å². The minimum absolute atomic E-state index is 0.662. The summed E-state index contributed by atoms with van der Waals surface area (Å²) in [5, 5.41) is 0. The number of hydrogen-bond acceptors (Lipinski definition) is 2. The zero-order valence-corrected chi connectivity index (χ0v) is 9.28. The highest BCUT2D eigenvalue weighted by Gasteiger charge is 2.30. The Kier molecular flexibility index (Phi) is 3.27. The van der Waals surface area contributed by atoms with Gasteiger partial charge >= 0.3 is 0 Å². The molecule has 1 aromatic rings. The van der Waals surface area contributed by atoms with Crippen LogP contribution in [0.25, 0.3) is 0 Å². The van der Waals surface area contributed by atoms with Crippen LogP contribution in [0.1, 0.15) is 31.2 Å². The maximum atomic E-state index is 5.73. The number of hydrogen-bond donors (Lipinski definition) is 1. The van der Waals surface area contributed by atoms with E-state index in [1.807, 2.05) is 13.0 Å². The molecule has 0 radical (unpaired) electrons. The molecule has 0 aliphatic heterocycles. The number of ether oxygens (including phenoxy) is 1. The first-order valence-electron chi connectivity index (χ1n) is 5.78. The lowest BCUT2D eigenvalue weighted by Gasteiger charge is -2.36. The van der Waals surface area contributed by atoms with E-state index >= 15 is 0 Å². The quantitative estimate of drug-likeness (QED) is 0.819. The van der Waals surface area contributed by atoms with Gasteiger partial charge in [0.1, 0.15) is 5.75 Å². The number of rotatable bonds is 4. The van der Waals surface area contributed by atoms with E-state index in [1.165, 1.54) is 18.4 Å². The minimum Gasteiger partial charge on any atom is -0.494 e. The normalized spacial score (nSPS) is 24.7. The summed E-state index contributed by atoms with van der Waals surface area (Å²) in [5.41, 5.74) is 7.12. The van der Waals surface area contributed by atoms with Crippen LogP contribution in [-0.4, -0.2) is 13.2 Å². The fourth-order valence-corrected chi connectivity index (χ4v) is 2.29. The SMILES string of the molecule is CCOc1cccc(C2CCC2CN)c1. The third-order valence-electron chi connectivity index (χ3n) is 3.32. The first-order valence-corrected chi connectivity index (χ1v) is 5.78. The molecule has 1 fully saturated rings. The molecule has 0 aromatic heterocycles. The topological polar surface area (TPSA) is 35.2 Å². The van der Waals surface area contributed by atoms with E-state index < -0.39 is 0 Å². The van der Waals surface area contributed by atoms with Gasteiger partial charge in [0.25, 0.3) is 0 Å². The first kappa shape index (κ1) is 10.5. The van der Waals surface area contributed by atoms with E-state index in [9.17, 15) is 0 Å². The fourth-order valence-electron chi connectivity index (χ4n) is 2.29. The van der Waals surface area contributed by atoms with E-state index in [2.05, 4.69) is 18.2 Å². The van der Waals surface area contributed by atoms with E-state index in [0.717, 1.165) is 18.9 Å². The summed E-state index contributed by atoms with van der Waals surface area (Å²) in [6.07, 6.45) is 2.55. The summed E-state index contributed by atoms with van der Waals surface area (Å²) in [6, 6.07) is 8.44. The van der Waals surface area contributed by atoms with Crippen LogP contribution in [0.2, 0.25) is 0 Å². The molecule has 82 valence electrons. The van der Waals surface area contributed by atoms with Crippen LogP contribution in [0.4, 0.5) is 0 Å². The average molecular weight is 205 g/mol. The summed E-state index contributed by atoms with van der Waals surface area (Å²) in [5.74, 6) is 2.33. The summed E-state index contributed by atoms with van der Waals surface area (Å²) in [7, 11) is 0. The lowest BCUT2D eigenvalue weighted by atomic mass is 9.70. The van der Waals surface area contributed by atoms with Crippen molar-refractivity contribution in [2.75, 3.05) is 13.2 Å². The predicted octanol–water partition coefficient (Wildman–Crippen LogP) is 2.54. The molecule has 2 rings (SSSR count). The zero-order valence-electron chi connectivity index (χ0n) is 9.28. The van der Waals surface area contributed by atoms with Crippen molar-refractivity contribution in [1.29, 1.82) is 0 Å². The monoisotopic (exact) mass is 205 g/mol. The lowest BCUT2D eigenvalue weighted by molar-refractivity contribution is 0.262. The van der Waals surface area contributed by atoms with Gasteiger partial charge in [-0.2, -0.15) is 0 Å². The maximum absolute atomic E-state index is 5.73. The molecule has 1 aliphatic rings. The molecule has 2 nitrogen and oxygen atoms in total. The largest absolute Gasteiger partial charge is 0.494 e. The van der Waals surface area contributed by atoms with Crippen molar-refractivity contribution in [2.45, 2.75) is 25.7 Å². The zero-order chi connectivity index (χ0) is 10.7. The van der Waals surface area contributed by atoms with Crippen molar-refractivity contribution in [3.8, 4) is 5.75 Å². The van der Waals surface area contributed by atoms with Gasteiger partial charge in [0.2, 0.25) is 0 Å². The maximum Gasteiger partial charge on any atom is 0.119 e. The van der Waals surface area contributed by atoms with Gasteiger partial charge in [-0.1, -0.05) is 12.1 Å². The molecule has 0 heterocycles. The molecule has 0 amide bonds. The van der Waals surface area contributed by atoms with Gasteiger partial charge in [0, 0.05) is 0 Å². The second kappa shape index (κ2) is 4.67. The molecule has 15 heavy (non-hydrogen) atoms. The predicted molar refractivity (Wildman–Crippen MR) is 62.1 cm³/mol. The molecule has 1 aliphatic carbocycles. The minimum atomic E-state index is 0.662. The Morgan fingerprint density at radius 3 is 2.87 bits per heavy atom. The molecule has 1 saturated carbocycles. The molecule has 0 saturated heterocycles. The van der Waals surface area contributed by atoms with Gasteiger partial charge in [-0.05, 0) is 55.8 Å². The smallest absolute Gasteiger partial charge is 0.119 e. The van der Waals surface area contributed by atoms with E-state index in [0.29, 0.717) is 11.8 Å². The lowest BCUT2D eigenvalue weighted by Crippen LogP contribution is -2.30. The van der Waals surface area contributed by atoms with Crippen molar-refractivity contribution in [3.05, 3.63) is 29.8 Å². The van der Waals surface area contributed by atoms with Crippen molar-refractivity contribution < 1.29 is 4.74 Å². The summed E-state index contributed by atoms with van der Waals surface area (Å²) < 4.78 is 5.50. The Bertz CT molecular complexity index is 322. The molecular weight excluding hydrogens is 186 g/mol. The highest BCUT2D eigenvalue weighted by molar-refractivity contribution is 5.32. The standard InChI is InChI=1S/C13H19NO/c1-2-15-12-5-3-4-10(8-12)13-7-6-11(13)9-14/h3-5,8,11,13H,2,6-7,9,14H2,1H3. The Morgan fingerprint density at radius 1 is 1.40 bits per heavy atom. The van der Waals surface area contributed by atoms with Crippen LogP contribution in [0.15, 0.2) is 24.3 Å². The molecule has 0 bridgehead atoms. The summed E-state index contributed by atoms with van der Waals surface area (Å²) in [6.45, 7) is 3.55. The van der Waals surface area contributed by atoms with Gasteiger partial charge in [0.05, 0.1) is 6.61 Å². The van der Waals surface area contributed by atoms with Crippen LogP contribution in [0, 0.1) is 5.92 Å². The third-order valence-corrected chi connectivity index (χ3v) is 3.32. The number of benzene rings is 1. The molecule has 1 aromatic carbocycles. The van der Waals surface area contributed by atoms with Crippen LogP contribution in [-0.2, 0) is 0 Å². The van der Waals surface area contributed by atoms with Gasteiger partial charge < -0.3 is 10.5 Å². The molecule has 2 unspecified atom stereocenters. The van der Waals surface area contributed by atoms with Crippen molar-refractivity contribution in [1.82, 2.24) is 0 Å². The second-order valence-corrected chi connectivity index (χ2v) is 4.19. The first-order chi connectivity index (χ1) is 7.35. The Balaban J connectivity index is 2.10. The Morgan fingerprint density at radius 2 is 2.27 bits per heavy atom. The molecule has 2 atom stereocenters. The fraction of sp³-hybridized carbons (Fsp3) is 0.538. The van der Waals surface area contributed by atoms with E-state index in [4.69, 9.17) is 10.5 Å². The van der Waals surface area contributed by atoms with Crippen molar-refractivity contribution in [2.24, 2.45) is 11.7 Å². The highest BCUT2D eigenvalue weighted by Crippen LogP contribution is 2.42. The summed E-state index contributed by atoms with van der Waals surface area (Å²) in [4.78, 5) is 0. The average Bonchev–Trinajstić information content (AvgIpc) is 2.18. The van der Waals surface area contributed by atoms with Gasteiger partial charge in [0.15, 0.2) is 0 Å². The van der Waals surface area contributed by atoms with Gasteiger partial charge in [-0.3, -0.25) is 0 Å². The van der Waals surface area contributed by atoms with Crippen LogP contribution in [0.3, 0.4) is 0 Å². The number of nitrogens with two attached hydrogens (primary N) is 1. The summed E-state index contributed by atoms with van der Waals surface area (Å²) >= 11 is 0. The Labute approximate surface area is 91.4 Å². The highest BCUT2D eigenvalue weighted by atomic mass is 16.5. The van der Waals surface area contributed by atoms with Gasteiger partial charge in [-0.25, -0.2) is 0 Å². The molecular formula is C13H19NO. The molecule has 2 heteroatoms. The van der Waals surface area contributed by atoms with Crippen LogP contribution < -0.4 is 10.5 Å². The molecule has 0 spiro atoms. The van der Waals surface area contributed by atoms with E-state index in [-0.39, 0.29) is 0 Å². The van der Waals surface area contributed by atoms with Crippen LogP contribution >= 0.6 is 0 Å². The Hall–Kier alpha value is -1.02. The third kappa shape index (κ3) is 2.15. The molecule has 2 N–H and O–H groups in total. The van der Waals surface area contributed by atoms with Crippen molar-refractivity contribution >= 4 is 0 Å².